The highest BCUT2D eigenvalue weighted by atomic mass is 16.6. The van der Waals surface area contributed by atoms with Crippen LogP contribution < -0.4 is 5.73 Å². The molecule has 1 aliphatic heterocycles. The van der Waals surface area contributed by atoms with Gasteiger partial charge in [-0.1, -0.05) is 13.8 Å². The van der Waals surface area contributed by atoms with Gasteiger partial charge in [0.2, 0.25) is 0 Å². The zero-order valence-corrected chi connectivity index (χ0v) is 12.3. The van der Waals surface area contributed by atoms with Crippen LogP contribution in [0.2, 0.25) is 0 Å². The van der Waals surface area contributed by atoms with Crippen molar-refractivity contribution in [2.45, 2.75) is 83.6 Å². The van der Waals surface area contributed by atoms with Crippen LogP contribution >= 0.6 is 0 Å². The number of hydrogen-bond donors (Lipinski definition) is 1. The van der Waals surface area contributed by atoms with Crippen molar-refractivity contribution in [1.82, 2.24) is 0 Å². The molecule has 1 heterocycles. The first-order chi connectivity index (χ1) is 7.64. The fraction of sp³-hybridized carbons (Fsp3) is 1.00. The van der Waals surface area contributed by atoms with Gasteiger partial charge in [-0.15, -0.1) is 0 Å². The first-order valence-corrected chi connectivity index (χ1v) is 6.75. The van der Waals surface area contributed by atoms with Gasteiger partial charge < -0.3 is 15.2 Å². The molecule has 0 radical (unpaired) electrons. The lowest BCUT2D eigenvalue weighted by Gasteiger charge is -2.32. The Balaban J connectivity index is 2.58. The van der Waals surface area contributed by atoms with E-state index >= 15 is 0 Å². The molecular formula is C14H29NO2. The predicted molar refractivity (Wildman–Crippen MR) is 71.1 cm³/mol. The van der Waals surface area contributed by atoms with Crippen molar-refractivity contribution >= 4 is 0 Å². The van der Waals surface area contributed by atoms with Gasteiger partial charge in [0.25, 0.3) is 0 Å². The smallest absolute Gasteiger partial charge is 0.0895 e. The molecule has 0 aromatic heterocycles. The van der Waals surface area contributed by atoms with Gasteiger partial charge in [-0.25, -0.2) is 0 Å². The van der Waals surface area contributed by atoms with Gasteiger partial charge in [0.1, 0.15) is 0 Å². The molecule has 1 rings (SSSR count). The normalized spacial score (nSPS) is 27.4. The summed E-state index contributed by atoms with van der Waals surface area (Å²) in [4.78, 5) is 0. The Morgan fingerprint density at radius 2 is 1.76 bits per heavy atom. The van der Waals surface area contributed by atoms with Gasteiger partial charge >= 0.3 is 0 Å². The van der Waals surface area contributed by atoms with Gasteiger partial charge in [0, 0.05) is 12.0 Å². The Kier molecular flexibility index (Phi) is 4.28. The van der Waals surface area contributed by atoms with Crippen LogP contribution in [0.4, 0.5) is 0 Å². The Bertz CT molecular complexity index is 257. The molecule has 0 amide bonds. The van der Waals surface area contributed by atoms with E-state index in [1.807, 2.05) is 0 Å². The van der Waals surface area contributed by atoms with Crippen LogP contribution in [0.5, 0.6) is 0 Å². The standard InChI is InChI=1S/C14H29NO2/c1-7-14(15,8-2)10-16-11-9-12(3,4)17-13(11,5)6/h11H,7-10,15H2,1-6H3. The number of rotatable bonds is 5. The second kappa shape index (κ2) is 4.87. The predicted octanol–water partition coefficient (Wildman–Crippen LogP) is 2.87. The molecule has 0 bridgehead atoms. The van der Waals surface area contributed by atoms with Gasteiger partial charge in [0.05, 0.1) is 23.9 Å². The van der Waals surface area contributed by atoms with Crippen molar-refractivity contribution in [3.8, 4) is 0 Å². The molecule has 3 nitrogen and oxygen atoms in total. The second-order valence-corrected chi connectivity index (χ2v) is 6.54. The summed E-state index contributed by atoms with van der Waals surface area (Å²) in [5.74, 6) is 0. The first kappa shape index (κ1) is 14.9. The molecule has 1 fully saturated rings. The molecule has 0 spiro atoms. The van der Waals surface area contributed by atoms with E-state index in [1.165, 1.54) is 0 Å². The van der Waals surface area contributed by atoms with E-state index in [9.17, 15) is 0 Å². The highest BCUT2D eigenvalue weighted by molar-refractivity contribution is 4.96. The third-order valence-corrected chi connectivity index (χ3v) is 3.97. The van der Waals surface area contributed by atoms with Crippen molar-refractivity contribution < 1.29 is 9.47 Å². The summed E-state index contributed by atoms with van der Waals surface area (Å²) in [6, 6.07) is 0. The van der Waals surface area contributed by atoms with Crippen LogP contribution in [-0.2, 0) is 9.47 Å². The summed E-state index contributed by atoms with van der Waals surface area (Å²) in [6.45, 7) is 13.3. The van der Waals surface area contributed by atoms with Crippen LogP contribution in [-0.4, -0.2) is 29.5 Å². The molecule has 1 aliphatic rings. The van der Waals surface area contributed by atoms with Crippen molar-refractivity contribution in [1.29, 1.82) is 0 Å². The SMILES string of the molecule is CCC(N)(CC)COC1CC(C)(C)OC1(C)C. The molecule has 0 saturated carbocycles. The molecule has 1 unspecified atom stereocenters. The fourth-order valence-corrected chi connectivity index (χ4v) is 2.49. The molecule has 0 aliphatic carbocycles. The monoisotopic (exact) mass is 243 g/mol. The van der Waals surface area contributed by atoms with E-state index in [0.717, 1.165) is 19.3 Å². The third-order valence-electron chi connectivity index (χ3n) is 3.97. The van der Waals surface area contributed by atoms with Crippen LogP contribution in [0.15, 0.2) is 0 Å². The van der Waals surface area contributed by atoms with Crippen LogP contribution in [0.1, 0.15) is 60.8 Å². The van der Waals surface area contributed by atoms with Crippen molar-refractivity contribution in [2.75, 3.05) is 6.61 Å². The lowest BCUT2D eigenvalue weighted by Crippen LogP contribution is -2.46. The van der Waals surface area contributed by atoms with Gasteiger partial charge in [0.15, 0.2) is 0 Å². The molecule has 0 aromatic carbocycles. The van der Waals surface area contributed by atoms with E-state index in [2.05, 4.69) is 41.5 Å². The topological polar surface area (TPSA) is 44.5 Å². The maximum atomic E-state index is 6.27. The average Bonchev–Trinajstić information content (AvgIpc) is 2.43. The maximum Gasteiger partial charge on any atom is 0.0895 e. The van der Waals surface area contributed by atoms with Gasteiger partial charge in [-0.2, -0.15) is 0 Å². The molecule has 0 aromatic rings. The molecule has 102 valence electrons. The summed E-state index contributed by atoms with van der Waals surface area (Å²) >= 11 is 0. The average molecular weight is 243 g/mol. The highest BCUT2D eigenvalue weighted by Crippen LogP contribution is 2.39. The van der Waals surface area contributed by atoms with E-state index in [0.29, 0.717) is 6.61 Å². The summed E-state index contributed by atoms with van der Waals surface area (Å²) in [5, 5.41) is 0. The zero-order chi connectivity index (χ0) is 13.3. The van der Waals surface area contributed by atoms with Crippen LogP contribution in [0.3, 0.4) is 0 Å². The van der Waals surface area contributed by atoms with E-state index in [4.69, 9.17) is 15.2 Å². The lowest BCUT2D eigenvalue weighted by molar-refractivity contribution is -0.108. The van der Waals surface area contributed by atoms with Crippen molar-refractivity contribution in [3.05, 3.63) is 0 Å². The van der Waals surface area contributed by atoms with Crippen molar-refractivity contribution in [3.63, 3.8) is 0 Å². The quantitative estimate of drug-likeness (QED) is 0.807. The minimum atomic E-state index is -0.216. The number of nitrogens with two attached hydrogens (primary N) is 1. The largest absolute Gasteiger partial charge is 0.373 e. The molecular weight excluding hydrogens is 214 g/mol. The Morgan fingerprint density at radius 3 is 2.12 bits per heavy atom. The molecule has 1 saturated heterocycles. The van der Waals surface area contributed by atoms with Crippen LogP contribution in [0, 0.1) is 0 Å². The van der Waals surface area contributed by atoms with E-state index < -0.39 is 0 Å². The number of hydrogen-bond acceptors (Lipinski definition) is 3. The fourth-order valence-electron chi connectivity index (χ4n) is 2.49. The highest BCUT2D eigenvalue weighted by Gasteiger charge is 2.47. The van der Waals surface area contributed by atoms with E-state index in [-0.39, 0.29) is 22.8 Å². The summed E-state index contributed by atoms with van der Waals surface area (Å²) in [7, 11) is 0. The summed E-state index contributed by atoms with van der Waals surface area (Å²) in [6.07, 6.45) is 2.96. The Hall–Kier alpha value is -0.120. The maximum absolute atomic E-state index is 6.27. The molecule has 2 N–H and O–H groups in total. The summed E-state index contributed by atoms with van der Waals surface area (Å²) < 4.78 is 12.1. The zero-order valence-electron chi connectivity index (χ0n) is 12.3. The molecule has 1 atom stereocenters. The lowest BCUT2D eigenvalue weighted by atomic mass is 9.94. The second-order valence-electron chi connectivity index (χ2n) is 6.54. The Morgan fingerprint density at radius 1 is 1.24 bits per heavy atom. The third kappa shape index (κ3) is 3.67. The minimum Gasteiger partial charge on any atom is -0.373 e. The van der Waals surface area contributed by atoms with Crippen LogP contribution in [0.25, 0.3) is 0 Å². The van der Waals surface area contributed by atoms with E-state index in [1.54, 1.807) is 0 Å². The molecule has 17 heavy (non-hydrogen) atoms. The number of ether oxygens (including phenoxy) is 2. The first-order valence-electron chi connectivity index (χ1n) is 6.75. The van der Waals surface area contributed by atoms with Gasteiger partial charge in [-0.3, -0.25) is 0 Å². The van der Waals surface area contributed by atoms with Crippen molar-refractivity contribution in [2.24, 2.45) is 5.73 Å². The Labute approximate surface area is 106 Å². The summed E-state index contributed by atoms with van der Waals surface area (Å²) in [5.41, 5.74) is 5.76. The molecule has 3 heteroatoms. The minimum absolute atomic E-state index is 0.0934. The van der Waals surface area contributed by atoms with Gasteiger partial charge in [-0.05, 0) is 40.5 Å².